The van der Waals surface area contributed by atoms with Crippen LogP contribution in [-0.2, 0) is 20.8 Å². The van der Waals surface area contributed by atoms with Gasteiger partial charge in [-0.15, -0.1) is 16.8 Å². The van der Waals surface area contributed by atoms with E-state index in [2.05, 4.69) is 34.0 Å². The van der Waals surface area contributed by atoms with E-state index in [1.807, 2.05) is 108 Å². The van der Waals surface area contributed by atoms with E-state index >= 15 is 0 Å². The van der Waals surface area contributed by atoms with Crippen LogP contribution in [0, 0.1) is 6.92 Å². The SMILES string of the molecule is C/C=C(\C)OCCN(C)CCOCC.C=CC.Cc1nnc2ccc(Sc3ccccc3CNC(=O)OC(C)(C)C)cn12. The lowest BCUT2D eigenvalue weighted by molar-refractivity contribution is 0.0523. The molecule has 2 aromatic heterocycles. The molecule has 0 atom stereocenters. The van der Waals surface area contributed by atoms with Crippen molar-refractivity contribution in [3.05, 3.63) is 78.5 Å². The molecule has 0 aliphatic heterocycles. The number of pyridine rings is 1. The van der Waals surface area contributed by atoms with Crippen molar-refractivity contribution >= 4 is 23.5 Å². The van der Waals surface area contributed by atoms with Gasteiger partial charge in [0, 0.05) is 42.2 Å². The van der Waals surface area contributed by atoms with Gasteiger partial charge in [0.25, 0.3) is 0 Å². The fourth-order valence-corrected chi connectivity index (χ4v) is 4.29. The predicted octanol–water partition coefficient (Wildman–Crippen LogP) is 7.30. The van der Waals surface area contributed by atoms with Gasteiger partial charge in [0.05, 0.1) is 12.4 Å². The van der Waals surface area contributed by atoms with Crippen molar-refractivity contribution in [1.29, 1.82) is 0 Å². The molecule has 0 aliphatic carbocycles. The summed E-state index contributed by atoms with van der Waals surface area (Å²) < 4.78 is 18.0. The summed E-state index contributed by atoms with van der Waals surface area (Å²) in [7, 11) is 2.08. The molecule has 2 heterocycles. The molecule has 0 spiro atoms. The third-order valence-corrected chi connectivity index (χ3v) is 6.69. The number of benzene rings is 1. The van der Waals surface area contributed by atoms with Crippen LogP contribution in [0.5, 0.6) is 0 Å². The van der Waals surface area contributed by atoms with E-state index in [9.17, 15) is 4.79 Å². The topological polar surface area (TPSA) is 90.2 Å². The van der Waals surface area contributed by atoms with E-state index in [0.29, 0.717) is 6.54 Å². The average molecular weight is 614 g/mol. The second kappa shape index (κ2) is 20.5. The minimum Gasteiger partial charge on any atom is -0.497 e. The zero-order chi connectivity index (χ0) is 32.3. The molecular weight excluding hydrogens is 562 g/mol. The van der Waals surface area contributed by atoms with Gasteiger partial charge in [0.1, 0.15) is 18.0 Å². The molecule has 3 rings (SSSR count). The van der Waals surface area contributed by atoms with Crippen LogP contribution in [0.4, 0.5) is 4.79 Å². The molecule has 1 amide bonds. The Morgan fingerprint density at radius 2 is 1.79 bits per heavy atom. The average Bonchev–Trinajstić information content (AvgIpc) is 3.32. The maximum atomic E-state index is 11.9. The number of aryl methyl sites for hydroxylation is 1. The molecule has 238 valence electrons. The number of rotatable bonds is 12. The van der Waals surface area contributed by atoms with Crippen LogP contribution in [0.3, 0.4) is 0 Å². The molecule has 0 radical (unpaired) electrons. The molecule has 0 fully saturated rings. The Morgan fingerprint density at radius 1 is 1.12 bits per heavy atom. The molecule has 1 aromatic carbocycles. The Balaban J connectivity index is 0.000000461. The molecule has 9 nitrogen and oxygen atoms in total. The third kappa shape index (κ3) is 16.2. The number of fused-ring (bicyclic) bond motifs is 1. The van der Waals surface area contributed by atoms with Crippen molar-refractivity contribution in [2.45, 2.75) is 77.3 Å². The van der Waals surface area contributed by atoms with Gasteiger partial charge in [-0.3, -0.25) is 4.40 Å². The van der Waals surface area contributed by atoms with E-state index in [0.717, 1.165) is 65.5 Å². The van der Waals surface area contributed by atoms with Gasteiger partial charge in [-0.1, -0.05) is 42.1 Å². The van der Waals surface area contributed by atoms with E-state index in [-0.39, 0.29) is 0 Å². The molecule has 43 heavy (non-hydrogen) atoms. The maximum Gasteiger partial charge on any atom is 0.407 e. The van der Waals surface area contributed by atoms with Gasteiger partial charge in [0.15, 0.2) is 5.65 Å². The Kier molecular flexibility index (Phi) is 18.0. The van der Waals surface area contributed by atoms with Crippen molar-refractivity contribution in [3.63, 3.8) is 0 Å². The number of carbonyl (C=O) groups excluding carboxylic acids is 1. The van der Waals surface area contributed by atoms with E-state index in [4.69, 9.17) is 14.2 Å². The number of ether oxygens (including phenoxy) is 3. The smallest absolute Gasteiger partial charge is 0.407 e. The number of nitrogens with zero attached hydrogens (tertiary/aromatic N) is 4. The lowest BCUT2D eigenvalue weighted by atomic mass is 10.2. The number of hydrogen-bond acceptors (Lipinski definition) is 8. The quantitative estimate of drug-likeness (QED) is 0.129. The number of aromatic nitrogens is 3. The predicted molar refractivity (Wildman–Crippen MR) is 177 cm³/mol. The highest BCUT2D eigenvalue weighted by atomic mass is 32.2. The van der Waals surface area contributed by atoms with Crippen LogP contribution in [0.25, 0.3) is 5.65 Å². The van der Waals surface area contributed by atoms with Crippen LogP contribution in [0.1, 0.15) is 59.9 Å². The Hall–Kier alpha value is -3.34. The van der Waals surface area contributed by atoms with Gasteiger partial charge >= 0.3 is 6.09 Å². The maximum absolute atomic E-state index is 11.9. The van der Waals surface area contributed by atoms with Gasteiger partial charge in [-0.2, -0.15) is 0 Å². The van der Waals surface area contributed by atoms with Crippen LogP contribution in [-0.4, -0.2) is 71.2 Å². The van der Waals surface area contributed by atoms with Crippen LogP contribution in [0.15, 0.2) is 76.9 Å². The second-order valence-corrected chi connectivity index (χ2v) is 11.7. The van der Waals surface area contributed by atoms with Crippen LogP contribution >= 0.6 is 11.8 Å². The number of hydrogen-bond donors (Lipinski definition) is 1. The van der Waals surface area contributed by atoms with E-state index < -0.39 is 11.7 Å². The standard InChI is InChI=1S/C19H22N4O2S.C11H23NO2.C3H6/c1-13-21-22-17-10-9-15(12-23(13)17)26-16-8-6-5-7-14(16)11-20-18(24)25-19(2,3)4;1-5-11(3)14-10-8-12(4)7-9-13-6-2;1-3-2/h5-10,12H,11H2,1-4H3,(H,20,24);5H,6-10H2,1-4H3;3H,1H2,2H3/b;11-5+;. The highest BCUT2D eigenvalue weighted by Crippen LogP contribution is 2.30. The zero-order valence-electron chi connectivity index (χ0n) is 27.5. The van der Waals surface area contributed by atoms with Gasteiger partial charge in [-0.25, -0.2) is 4.79 Å². The van der Waals surface area contributed by atoms with E-state index in [1.54, 1.807) is 17.8 Å². The minimum absolute atomic E-state index is 0.409. The Labute approximate surface area is 262 Å². The first kappa shape index (κ1) is 37.7. The largest absolute Gasteiger partial charge is 0.497 e. The van der Waals surface area contributed by atoms with Gasteiger partial charge in [0.2, 0.25) is 0 Å². The highest BCUT2D eigenvalue weighted by Gasteiger charge is 2.16. The summed E-state index contributed by atoms with van der Waals surface area (Å²) in [4.78, 5) is 16.3. The molecule has 0 unspecified atom stereocenters. The first-order valence-corrected chi connectivity index (χ1v) is 15.4. The van der Waals surface area contributed by atoms with Crippen molar-refractivity contribution in [3.8, 4) is 0 Å². The molecular formula is C33H51N5O4S. The summed E-state index contributed by atoms with van der Waals surface area (Å²) >= 11 is 1.64. The lowest BCUT2D eigenvalue weighted by Crippen LogP contribution is -2.32. The Bertz CT molecular complexity index is 1270. The summed E-state index contributed by atoms with van der Waals surface area (Å²) in [5.74, 6) is 1.84. The van der Waals surface area contributed by atoms with Crippen LogP contribution in [0.2, 0.25) is 0 Å². The van der Waals surface area contributed by atoms with Crippen molar-refractivity contribution in [2.75, 3.05) is 40.0 Å². The van der Waals surface area contributed by atoms with Gasteiger partial charge < -0.3 is 24.4 Å². The van der Waals surface area contributed by atoms with E-state index in [1.165, 1.54) is 0 Å². The zero-order valence-corrected chi connectivity index (χ0v) is 28.3. The summed E-state index contributed by atoms with van der Waals surface area (Å²) in [6.07, 6.45) is 5.33. The molecule has 0 aliphatic rings. The fraction of sp³-hybridized carbons (Fsp3) is 0.485. The highest BCUT2D eigenvalue weighted by molar-refractivity contribution is 7.99. The molecule has 10 heteroatoms. The molecule has 0 saturated carbocycles. The summed E-state index contributed by atoms with van der Waals surface area (Å²) in [6, 6.07) is 12.0. The first-order chi connectivity index (χ1) is 20.4. The number of nitrogens with one attached hydrogen (secondary N) is 1. The fourth-order valence-electron chi connectivity index (χ4n) is 3.33. The summed E-state index contributed by atoms with van der Waals surface area (Å²) in [6.45, 7) is 23.3. The number of likely N-dealkylation sites (N-methyl/N-ethyl adjacent to an activating group) is 1. The number of allylic oxidation sites excluding steroid dienone is 3. The monoisotopic (exact) mass is 613 g/mol. The first-order valence-electron chi connectivity index (χ1n) is 14.6. The number of amides is 1. The normalized spacial score (nSPS) is 11.3. The van der Waals surface area contributed by atoms with Crippen molar-refractivity contribution in [1.82, 2.24) is 24.8 Å². The summed E-state index contributed by atoms with van der Waals surface area (Å²) in [5, 5.41) is 11.0. The lowest BCUT2D eigenvalue weighted by Gasteiger charge is -2.20. The Morgan fingerprint density at radius 3 is 2.44 bits per heavy atom. The molecule has 0 bridgehead atoms. The molecule has 3 aromatic rings. The number of alkyl carbamates (subject to hydrolysis) is 1. The molecule has 1 N–H and O–H groups in total. The van der Waals surface area contributed by atoms with Gasteiger partial charge in [-0.05, 0) is 86.2 Å². The summed E-state index contributed by atoms with van der Waals surface area (Å²) in [5.41, 5.74) is 1.35. The third-order valence-electron chi connectivity index (χ3n) is 5.60. The van der Waals surface area contributed by atoms with Crippen molar-refractivity contribution in [2.24, 2.45) is 0 Å². The molecule has 0 saturated heterocycles. The van der Waals surface area contributed by atoms with Crippen molar-refractivity contribution < 1.29 is 19.0 Å². The van der Waals surface area contributed by atoms with Crippen LogP contribution < -0.4 is 5.32 Å². The second-order valence-electron chi connectivity index (χ2n) is 10.6. The number of carbonyl (C=O) groups is 1. The minimum atomic E-state index is -0.509.